The SMILES string of the molecule is CCOCC.Fc1cc(I)ccc1Cl. The van der Waals surface area contributed by atoms with Gasteiger partial charge in [-0.05, 0) is 54.6 Å². The Balaban J connectivity index is 0.000000292. The fraction of sp³-hybridized carbons (Fsp3) is 0.400. The number of hydrogen-bond acceptors (Lipinski definition) is 1. The summed E-state index contributed by atoms with van der Waals surface area (Å²) in [5.74, 6) is -0.358. The number of benzene rings is 1. The number of halogens is 3. The van der Waals surface area contributed by atoms with Gasteiger partial charge in [0, 0.05) is 16.8 Å². The molecule has 0 bridgehead atoms. The fourth-order valence-corrected chi connectivity index (χ4v) is 1.25. The molecule has 14 heavy (non-hydrogen) atoms. The summed E-state index contributed by atoms with van der Waals surface area (Å²) in [6, 6.07) is 4.69. The lowest BCUT2D eigenvalue weighted by atomic mass is 10.4. The van der Waals surface area contributed by atoms with Gasteiger partial charge in [0.1, 0.15) is 5.82 Å². The highest BCUT2D eigenvalue weighted by Gasteiger charge is 1.96. The van der Waals surface area contributed by atoms with E-state index < -0.39 is 0 Å². The van der Waals surface area contributed by atoms with Crippen molar-refractivity contribution >= 4 is 34.2 Å². The molecule has 0 saturated heterocycles. The Labute approximate surface area is 103 Å². The van der Waals surface area contributed by atoms with E-state index in [1.807, 2.05) is 36.4 Å². The first-order valence-corrected chi connectivity index (χ1v) is 5.75. The summed E-state index contributed by atoms with van der Waals surface area (Å²) in [4.78, 5) is 0. The molecule has 1 rings (SSSR count). The maximum absolute atomic E-state index is 12.4. The van der Waals surface area contributed by atoms with Gasteiger partial charge in [-0.15, -0.1) is 0 Å². The van der Waals surface area contributed by atoms with Crippen LogP contribution in [0.15, 0.2) is 18.2 Å². The minimum Gasteiger partial charge on any atom is -0.382 e. The van der Waals surface area contributed by atoms with Crippen molar-refractivity contribution in [2.24, 2.45) is 0 Å². The maximum atomic E-state index is 12.4. The first-order chi connectivity index (χ1) is 6.61. The molecule has 4 heteroatoms. The molecule has 0 heterocycles. The Morgan fingerprint density at radius 1 is 1.36 bits per heavy atom. The van der Waals surface area contributed by atoms with Crippen molar-refractivity contribution in [3.05, 3.63) is 32.6 Å². The largest absolute Gasteiger partial charge is 0.382 e. The number of ether oxygens (including phenoxy) is 1. The van der Waals surface area contributed by atoms with Crippen molar-refractivity contribution in [1.29, 1.82) is 0 Å². The van der Waals surface area contributed by atoms with Crippen LogP contribution in [0.4, 0.5) is 4.39 Å². The maximum Gasteiger partial charge on any atom is 0.142 e. The third-order valence-electron chi connectivity index (χ3n) is 1.29. The zero-order chi connectivity index (χ0) is 11.0. The van der Waals surface area contributed by atoms with E-state index in [2.05, 4.69) is 0 Å². The molecule has 0 spiro atoms. The summed E-state index contributed by atoms with van der Waals surface area (Å²) in [5.41, 5.74) is 0. The van der Waals surface area contributed by atoms with Crippen molar-refractivity contribution in [3.8, 4) is 0 Å². The molecule has 0 N–H and O–H groups in total. The quantitative estimate of drug-likeness (QED) is 0.585. The monoisotopic (exact) mass is 330 g/mol. The van der Waals surface area contributed by atoms with Crippen LogP contribution in [-0.2, 0) is 4.74 Å². The Hall–Kier alpha value is 0.130. The van der Waals surface area contributed by atoms with E-state index in [4.69, 9.17) is 16.3 Å². The molecule has 0 aliphatic rings. The van der Waals surface area contributed by atoms with Gasteiger partial charge in [-0.3, -0.25) is 0 Å². The Morgan fingerprint density at radius 3 is 2.21 bits per heavy atom. The molecule has 0 atom stereocenters. The third kappa shape index (κ3) is 6.56. The van der Waals surface area contributed by atoms with Gasteiger partial charge in [-0.2, -0.15) is 0 Å². The predicted molar refractivity (Wildman–Crippen MR) is 66.3 cm³/mol. The van der Waals surface area contributed by atoms with Crippen LogP contribution in [-0.4, -0.2) is 13.2 Å². The highest BCUT2D eigenvalue weighted by atomic mass is 127. The highest BCUT2D eigenvalue weighted by Crippen LogP contribution is 2.16. The summed E-state index contributed by atoms with van der Waals surface area (Å²) in [5, 5.41) is 0.176. The first-order valence-electron chi connectivity index (χ1n) is 4.30. The lowest BCUT2D eigenvalue weighted by Crippen LogP contribution is -1.84. The first kappa shape index (κ1) is 14.1. The zero-order valence-corrected chi connectivity index (χ0v) is 11.1. The van der Waals surface area contributed by atoms with Gasteiger partial charge in [0.15, 0.2) is 0 Å². The second-order valence-corrected chi connectivity index (χ2v) is 3.99. The van der Waals surface area contributed by atoms with E-state index in [9.17, 15) is 4.39 Å². The van der Waals surface area contributed by atoms with Crippen molar-refractivity contribution in [1.82, 2.24) is 0 Å². The Bertz CT molecular complexity index is 266. The van der Waals surface area contributed by atoms with E-state index in [-0.39, 0.29) is 10.8 Å². The molecule has 0 radical (unpaired) electrons. The van der Waals surface area contributed by atoms with Gasteiger partial charge in [-0.1, -0.05) is 11.6 Å². The molecule has 1 nitrogen and oxygen atoms in total. The smallest absolute Gasteiger partial charge is 0.142 e. The molecule has 0 aliphatic carbocycles. The second-order valence-electron chi connectivity index (χ2n) is 2.34. The molecule has 0 unspecified atom stereocenters. The molecule has 0 fully saturated rings. The van der Waals surface area contributed by atoms with Crippen LogP contribution >= 0.6 is 34.2 Å². The van der Waals surface area contributed by atoms with Crippen molar-refractivity contribution in [2.75, 3.05) is 13.2 Å². The Morgan fingerprint density at radius 2 is 1.93 bits per heavy atom. The van der Waals surface area contributed by atoms with Crippen LogP contribution < -0.4 is 0 Å². The van der Waals surface area contributed by atoms with Crippen LogP contribution in [0.3, 0.4) is 0 Å². The molecule has 1 aromatic rings. The summed E-state index contributed by atoms with van der Waals surface area (Å²) >= 11 is 7.43. The minimum atomic E-state index is -0.358. The second kappa shape index (κ2) is 8.44. The molecule has 0 amide bonds. The van der Waals surface area contributed by atoms with Crippen LogP contribution in [0, 0.1) is 9.39 Å². The average Bonchev–Trinajstić information content (AvgIpc) is 2.14. The minimum absolute atomic E-state index is 0.176. The third-order valence-corrected chi connectivity index (χ3v) is 2.27. The van der Waals surface area contributed by atoms with Crippen LogP contribution in [0.25, 0.3) is 0 Å². The van der Waals surface area contributed by atoms with E-state index in [0.29, 0.717) is 0 Å². The molecule has 80 valence electrons. The van der Waals surface area contributed by atoms with Crippen molar-refractivity contribution in [2.45, 2.75) is 13.8 Å². The molecular weight excluding hydrogens is 317 g/mol. The summed E-state index contributed by atoms with van der Waals surface area (Å²) in [6.45, 7) is 5.67. The summed E-state index contributed by atoms with van der Waals surface area (Å²) < 4.78 is 18.1. The summed E-state index contributed by atoms with van der Waals surface area (Å²) in [7, 11) is 0. The number of rotatable bonds is 2. The highest BCUT2D eigenvalue weighted by molar-refractivity contribution is 14.1. The van der Waals surface area contributed by atoms with Gasteiger partial charge >= 0.3 is 0 Å². The average molecular weight is 331 g/mol. The lowest BCUT2D eigenvalue weighted by molar-refractivity contribution is 0.162. The van der Waals surface area contributed by atoms with E-state index in [1.165, 1.54) is 6.07 Å². The van der Waals surface area contributed by atoms with E-state index in [1.54, 1.807) is 12.1 Å². The van der Waals surface area contributed by atoms with Crippen molar-refractivity contribution in [3.63, 3.8) is 0 Å². The topological polar surface area (TPSA) is 9.23 Å². The normalized spacial score (nSPS) is 9.21. The fourth-order valence-electron chi connectivity index (χ4n) is 0.675. The molecule has 0 saturated carbocycles. The summed E-state index contributed by atoms with van der Waals surface area (Å²) in [6.07, 6.45) is 0. The lowest BCUT2D eigenvalue weighted by Gasteiger charge is -1.91. The van der Waals surface area contributed by atoms with Crippen LogP contribution in [0.5, 0.6) is 0 Å². The van der Waals surface area contributed by atoms with Crippen LogP contribution in [0.2, 0.25) is 5.02 Å². The van der Waals surface area contributed by atoms with Gasteiger partial charge in [0.05, 0.1) is 5.02 Å². The van der Waals surface area contributed by atoms with Gasteiger partial charge in [0.2, 0.25) is 0 Å². The van der Waals surface area contributed by atoms with Gasteiger partial charge in [0.25, 0.3) is 0 Å². The van der Waals surface area contributed by atoms with Crippen LogP contribution in [0.1, 0.15) is 13.8 Å². The van der Waals surface area contributed by atoms with Crippen molar-refractivity contribution < 1.29 is 9.13 Å². The standard InChI is InChI=1S/C6H3ClFI.C4H10O/c7-5-2-1-4(9)3-6(5)8;1-3-5-4-2/h1-3H;3-4H2,1-2H3. The molecule has 1 aromatic carbocycles. The van der Waals surface area contributed by atoms with Gasteiger partial charge < -0.3 is 4.74 Å². The number of hydrogen-bond donors (Lipinski definition) is 0. The zero-order valence-electron chi connectivity index (χ0n) is 8.19. The molecule has 0 aliphatic heterocycles. The van der Waals surface area contributed by atoms with Gasteiger partial charge in [-0.25, -0.2) is 4.39 Å². The van der Waals surface area contributed by atoms with E-state index in [0.717, 1.165) is 16.8 Å². The predicted octanol–water partition coefficient (Wildman–Crippen LogP) is 4.13. The van der Waals surface area contributed by atoms with E-state index >= 15 is 0 Å². The Kier molecular flexibility index (Phi) is 8.52. The molecule has 0 aromatic heterocycles. The molecular formula is C10H13ClFIO.